The Morgan fingerprint density at radius 2 is 1.92 bits per heavy atom. The molecule has 1 atom stereocenters. The van der Waals surface area contributed by atoms with Crippen molar-refractivity contribution in [1.29, 1.82) is 0 Å². The van der Waals surface area contributed by atoms with Crippen LogP contribution in [0.25, 0.3) is 5.69 Å². The summed E-state index contributed by atoms with van der Waals surface area (Å²) < 4.78 is 7.29. The zero-order chi connectivity index (χ0) is 17.2. The summed E-state index contributed by atoms with van der Waals surface area (Å²) in [5.41, 5.74) is 3.05. The van der Waals surface area contributed by atoms with Crippen LogP contribution in [0.2, 0.25) is 0 Å². The monoisotopic (exact) mass is 333 g/mol. The number of amides is 1. The largest absolute Gasteiger partial charge is 0.494 e. The third kappa shape index (κ3) is 2.89. The molecule has 5 heteroatoms. The predicted octanol–water partition coefficient (Wildman–Crippen LogP) is 3.75. The Labute approximate surface area is 146 Å². The number of benzene rings is 2. The molecule has 1 N–H and O–H groups in total. The minimum absolute atomic E-state index is 0.00288. The van der Waals surface area contributed by atoms with Gasteiger partial charge in [0.1, 0.15) is 11.6 Å². The van der Waals surface area contributed by atoms with Gasteiger partial charge in [-0.1, -0.05) is 30.3 Å². The van der Waals surface area contributed by atoms with Crippen LogP contribution in [0, 0.1) is 0 Å². The van der Waals surface area contributed by atoms with Gasteiger partial charge < -0.3 is 10.1 Å². The maximum absolute atomic E-state index is 12.3. The number of hydrogen-bond acceptors (Lipinski definition) is 3. The van der Waals surface area contributed by atoms with E-state index in [-0.39, 0.29) is 11.8 Å². The molecule has 2 heterocycles. The summed E-state index contributed by atoms with van der Waals surface area (Å²) in [6.07, 6.45) is 2.27. The Bertz CT molecular complexity index is 885. The van der Waals surface area contributed by atoms with Gasteiger partial charge in [-0.25, -0.2) is 4.68 Å². The molecule has 0 spiro atoms. The lowest BCUT2D eigenvalue weighted by Gasteiger charge is -2.24. The molecule has 126 valence electrons. The van der Waals surface area contributed by atoms with E-state index in [0.717, 1.165) is 28.4 Å². The van der Waals surface area contributed by atoms with Gasteiger partial charge in [0.25, 0.3) is 0 Å². The van der Waals surface area contributed by atoms with Crippen LogP contribution < -0.4 is 10.1 Å². The zero-order valence-electron chi connectivity index (χ0n) is 14.0. The first kappa shape index (κ1) is 15.4. The van der Waals surface area contributed by atoms with Crippen molar-refractivity contribution in [2.45, 2.75) is 19.3 Å². The quantitative estimate of drug-likeness (QED) is 0.791. The third-order valence-corrected chi connectivity index (χ3v) is 4.41. The van der Waals surface area contributed by atoms with Crippen LogP contribution in [-0.2, 0) is 4.79 Å². The highest BCUT2D eigenvalue weighted by Gasteiger charge is 2.30. The fourth-order valence-corrected chi connectivity index (χ4v) is 3.25. The summed E-state index contributed by atoms with van der Waals surface area (Å²) in [5.74, 6) is 1.59. The molecule has 1 aromatic heterocycles. The fraction of sp³-hybridized carbons (Fsp3) is 0.200. The van der Waals surface area contributed by atoms with Crippen molar-refractivity contribution in [3.63, 3.8) is 0 Å². The number of fused-ring (bicyclic) bond motifs is 1. The lowest BCUT2D eigenvalue weighted by Crippen LogP contribution is -2.24. The highest BCUT2D eigenvalue weighted by Crippen LogP contribution is 2.38. The van der Waals surface area contributed by atoms with Gasteiger partial charge in [0.05, 0.1) is 18.5 Å². The Hall–Kier alpha value is -3.08. The molecule has 1 aliphatic rings. The highest BCUT2D eigenvalue weighted by molar-refractivity contribution is 5.94. The van der Waals surface area contributed by atoms with E-state index in [1.54, 1.807) is 4.68 Å². The van der Waals surface area contributed by atoms with Crippen molar-refractivity contribution in [2.75, 3.05) is 11.9 Å². The predicted molar refractivity (Wildman–Crippen MR) is 96.3 cm³/mol. The van der Waals surface area contributed by atoms with Crippen LogP contribution in [0.15, 0.2) is 60.8 Å². The van der Waals surface area contributed by atoms with Crippen LogP contribution in [0.4, 0.5) is 5.82 Å². The fourth-order valence-electron chi connectivity index (χ4n) is 3.25. The average molecular weight is 333 g/mol. The van der Waals surface area contributed by atoms with Crippen molar-refractivity contribution in [1.82, 2.24) is 9.78 Å². The Morgan fingerprint density at radius 1 is 1.16 bits per heavy atom. The lowest BCUT2D eigenvalue weighted by molar-refractivity contribution is -0.116. The van der Waals surface area contributed by atoms with E-state index in [0.29, 0.717) is 13.0 Å². The Balaban J connectivity index is 1.73. The number of carbonyl (C=O) groups is 1. The van der Waals surface area contributed by atoms with Crippen LogP contribution >= 0.6 is 0 Å². The van der Waals surface area contributed by atoms with Crippen molar-refractivity contribution in [3.8, 4) is 11.4 Å². The van der Waals surface area contributed by atoms with E-state index >= 15 is 0 Å². The first-order valence-electron chi connectivity index (χ1n) is 8.42. The Morgan fingerprint density at radius 3 is 2.64 bits per heavy atom. The van der Waals surface area contributed by atoms with Crippen molar-refractivity contribution in [3.05, 3.63) is 71.9 Å². The van der Waals surface area contributed by atoms with Crippen LogP contribution in [-0.4, -0.2) is 22.3 Å². The molecule has 4 rings (SSSR count). The summed E-state index contributed by atoms with van der Waals surface area (Å²) in [5, 5.41) is 7.48. The number of carbonyl (C=O) groups excluding carboxylic acids is 1. The summed E-state index contributed by atoms with van der Waals surface area (Å²) >= 11 is 0. The third-order valence-electron chi connectivity index (χ3n) is 4.41. The maximum Gasteiger partial charge on any atom is 0.226 e. The van der Waals surface area contributed by atoms with E-state index in [9.17, 15) is 4.79 Å². The topological polar surface area (TPSA) is 56.1 Å². The maximum atomic E-state index is 12.3. The first-order valence-corrected chi connectivity index (χ1v) is 8.42. The number of aromatic nitrogens is 2. The number of nitrogens with one attached hydrogen (secondary N) is 1. The number of ether oxygens (including phenoxy) is 1. The molecule has 1 amide bonds. The van der Waals surface area contributed by atoms with Crippen LogP contribution in [0.1, 0.15) is 30.4 Å². The van der Waals surface area contributed by atoms with Gasteiger partial charge in [0.15, 0.2) is 0 Å². The number of hydrogen-bond donors (Lipinski definition) is 1. The minimum Gasteiger partial charge on any atom is -0.494 e. The molecule has 3 aromatic rings. The second kappa shape index (κ2) is 6.43. The molecule has 0 fully saturated rings. The molecule has 1 aliphatic heterocycles. The van der Waals surface area contributed by atoms with Gasteiger partial charge in [0.2, 0.25) is 5.91 Å². The van der Waals surface area contributed by atoms with E-state index in [1.165, 1.54) is 0 Å². The molecule has 25 heavy (non-hydrogen) atoms. The number of para-hydroxylation sites is 1. The van der Waals surface area contributed by atoms with Gasteiger partial charge in [-0.15, -0.1) is 0 Å². The highest BCUT2D eigenvalue weighted by atomic mass is 16.5. The van der Waals surface area contributed by atoms with E-state index in [1.807, 2.05) is 67.7 Å². The molecule has 0 radical (unpaired) electrons. The van der Waals surface area contributed by atoms with Gasteiger partial charge in [-0.05, 0) is 36.8 Å². The van der Waals surface area contributed by atoms with Crippen molar-refractivity contribution in [2.24, 2.45) is 0 Å². The van der Waals surface area contributed by atoms with Gasteiger partial charge in [-0.3, -0.25) is 4.79 Å². The molecular formula is C20H19N3O2. The number of anilines is 1. The lowest BCUT2D eigenvalue weighted by atomic mass is 9.87. The van der Waals surface area contributed by atoms with Crippen LogP contribution in [0.5, 0.6) is 5.75 Å². The van der Waals surface area contributed by atoms with Gasteiger partial charge in [0, 0.05) is 17.9 Å². The standard InChI is InChI=1S/C20H19N3O2/c1-2-25-16-10-8-14(9-11-16)17-12-19(24)22-20-18(17)13-21-23(20)15-6-4-3-5-7-15/h3-11,13,17H,2,12H2,1H3,(H,22,24)/t17-/m1/s1. The first-order chi connectivity index (χ1) is 12.3. The van der Waals surface area contributed by atoms with E-state index in [4.69, 9.17) is 4.74 Å². The molecule has 0 saturated heterocycles. The normalized spacial score (nSPS) is 16.2. The summed E-state index contributed by atoms with van der Waals surface area (Å²) in [7, 11) is 0. The van der Waals surface area contributed by atoms with Gasteiger partial charge in [-0.2, -0.15) is 5.10 Å². The van der Waals surface area contributed by atoms with Crippen LogP contribution in [0.3, 0.4) is 0 Å². The number of rotatable bonds is 4. The van der Waals surface area contributed by atoms with E-state index in [2.05, 4.69) is 10.4 Å². The second-order valence-electron chi connectivity index (χ2n) is 6.00. The smallest absolute Gasteiger partial charge is 0.226 e. The molecule has 0 saturated carbocycles. The second-order valence-corrected chi connectivity index (χ2v) is 6.00. The minimum atomic E-state index is -0.00288. The zero-order valence-corrected chi connectivity index (χ0v) is 14.0. The molecule has 0 unspecified atom stereocenters. The molecular weight excluding hydrogens is 314 g/mol. The Kier molecular flexibility index (Phi) is 3.98. The van der Waals surface area contributed by atoms with Crippen molar-refractivity contribution < 1.29 is 9.53 Å². The van der Waals surface area contributed by atoms with Crippen molar-refractivity contribution >= 4 is 11.7 Å². The summed E-state index contributed by atoms with van der Waals surface area (Å²) in [6, 6.07) is 17.8. The summed E-state index contributed by atoms with van der Waals surface area (Å²) in [4.78, 5) is 12.3. The molecule has 0 bridgehead atoms. The van der Waals surface area contributed by atoms with E-state index < -0.39 is 0 Å². The summed E-state index contributed by atoms with van der Waals surface area (Å²) in [6.45, 7) is 2.60. The molecule has 2 aromatic carbocycles. The average Bonchev–Trinajstić information content (AvgIpc) is 3.06. The molecule has 5 nitrogen and oxygen atoms in total. The number of nitrogens with zero attached hydrogens (tertiary/aromatic N) is 2. The SMILES string of the molecule is CCOc1ccc([C@H]2CC(=O)Nc3c2cnn3-c2ccccc2)cc1. The molecule has 0 aliphatic carbocycles. The van der Waals surface area contributed by atoms with Gasteiger partial charge >= 0.3 is 0 Å².